The van der Waals surface area contributed by atoms with Crippen LogP contribution in [0.5, 0.6) is 0 Å². The van der Waals surface area contributed by atoms with Crippen molar-refractivity contribution >= 4 is 0 Å². The predicted molar refractivity (Wildman–Crippen MR) is 64.2 cm³/mol. The zero-order valence-corrected chi connectivity index (χ0v) is 10.5. The Morgan fingerprint density at radius 2 is 2.07 bits per heavy atom. The first-order valence-electron chi connectivity index (χ1n) is 6.19. The van der Waals surface area contributed by atoms with Crippen molar-refractivity contribution in [3.05, 3.63) is 0 Å². The summed E-state index contributed by atoms with van der Waals surface area (Å²) in [6, 6.07) is 0.879. The first-order chi connectivity index (χ1) is 7.20. The Kier molecular flexibility index (Phi) is 6.22. The molecule has 0 aliphatic heterocycles. The maximum Gasteiger partial charge on any atom is 0.0591 e. The Hall–Kier alpha value is -0.120. The molecule has 1 N–H and O–H groups in total. The van der Waals surface area contributed by atoms with Crippen molar-refractivity contribution in [3.8, 4) is 0 Å². The second-order valence-electron chi connectivity index (χ2n) is 4.93. The largest absolute Gasteiger partial charge is 0.380 e. The molecule has 15 heavy (non-hydrogen) atoms. The van der Waals surface area contributed by atoms with E-state index in [1.165, 1.54) is 12.8 Å². The number of hydrogen-bond donors (Lipinski definition) is 1. The van der Waals surface area contributed by atoms with Gasteiger partial charge < -0.3 is 15.0 Å². The lowest BCUT2D eigenvalue weighted by molar-refractivity contribution is 0.111. The highest BCUT2D eigenvalue weighted by Gasteiger charge is 2.25. The van der Waals surface area contributed by atoms with E-state index in [2.05, 4.69) is 31.1 Å². The number of nitrogens with one attached hydrogen (secondary N) is 1. The fourth-order valence-electron chi connectivity index (χ4n) is 1.54. The van der Waals surface area contributed by atoms with Gasteiger partial charge in [0.05, 0.1) is 6.61 Å². The second-order valence-corrected chi connectivity index (χ2v) is 4.93. The molecule has 1 rings (SSSR count). The summed E-state index contributed by atoms with van der Waals surface area (Å²) < 4.78 is 5.49. The van der Waals surface area contributed by atoms with Gasteiger partial charge in [-0.1, -0.05) is 13.8 Å². The van der Waals surface area contributed by atoms with E-state index >= 15 is 0 Å². The van der Waals surface area contributed by atoms with Crippen molar-refractivity contribution in [1.29, 1.82) is 0 Å². The molecule has 1 aliphatic carbocycles. The molecular formula is C12H26N2O. The molecule has 1 aliphatic rings. The van der Waals surface area contributed by atoms with Crippen LogP contribution in [0, 0.1) is 5.92 Å². The highest BCUT2D eigenvalue weighted by Crippen LogP contribution is 2.24. The Labute approximate surface area is 94.2 Å². The van der Waals surface area contributed by atoms with Crippen molar-refractivity contribution in [2.45, 2.75) is 32.7 Å². The van der Waals surface area contributed by atoms with E-state index in [4.69, 9.17) is 4.74 Å². The quantitative estimate of drug-likeness (QED) is 0.586. The molecule has 3 nitrogen and oxygen atoms in total. The monoisotopic (exact) mass is 214 g/mol. The van der Waals surface area contributed by atoms with E-state index in [1.54, 1.807) is 0 Å². The summed E-state index contributed by atoms with van der Waals surface area (Å²) in [6.07, 6.45) is 2.79. The van der Waals surface area contributed by atoms with Crippen LogP contribution in [0.3, 0.4) is 0 Å². The van der Waals surface area contributed by atoms with E-state index in [1.807, 2.05) is 0 Å². The Morgan fingerprint density at radius 1 is 1.33 bits per heavy atom. The molecule has 0 aromatic rings. The summed E-state index contributed by atoms with van der Waals surface area (Å²) in [7, 11) is 2.22. The number of hydrogen-bond acceptors (Lipinski definition) is 3. The van der Waals surface area contributed by atoms with Crippen molar-refractivity contribution in [1.82, 2.24) is 10.2 Å². The molecule has 0 saturated heterocycles. The fourth-order valence-corrected chi connectivity index (χ4v) is 1.54. The van der Waals surface area contributed by atoms with Gasteiger partial charge in [0.25, 0.3) is 0 Å². The summed E-state index contributed by atoms with van der Waals surface area (Å²) in [5.41, 5.74) is 0. The molecule has 0 aromatic carbocycles. The molecule has 0 heterocycles. The summed E-state index contributed by atoms with van der Waals surface area (Å²) in [5, 5.41) is 3.41. The molecule has 0 bridgehead atoms. The molecule has 1 saturated carbocycles. The van der Waals surface area contributed by atoms with Gasteiger partial charge in [-0.05, 0) is 25.8 Å². The molecule has 3 heteroatoms. The maximum atomic E-state index is 5.49. The lowest BCUT2D eigenvalue weighted by Gasteiger charge is -2.15. The first-order valence-corrected chi connectivity index (χ1v) is 6.19. The summed E-state index contributed by atoms with van der Waals surface area (Å²) in [6.45, 7) is 9.29. The van der Waals surface area contributed by atoms with Gasteiger partial charge >= 0.3 is 0 Å². The van der Waals surface area contributed by atoms with Crippen LogP contribution in [0.1, 0.15) is 26.7 Å². The minimum absolute atomic E-state index is 0.644. The zero-order chi connectivity index (χ0) is 11.1. The molecule has 0 unspecified atom stereocenters. The third kappa shape index (κ3) is 6.88. The van der Waals surface area contributed by atoms with Gasteiger partial charge in [-0.25, -0.2) is 0 Å². The number of rotatable bonds is 9. The van der Waals surface area contributed by atoms with E-state index in [9.17, 15) is 0 Å². The van der Waals surface area contributed by atoms with Crippen LogP contribution in [0.15, 0.2) is 0 Å². The number of nitrogens with zero attached hydrogens (tertiary/aromatic N) is 1. The number of likely N-dealkylation sites (N-methyl/N-ethyl adjacent to an activating group) is 1. The van der Waals surface area contributed by atoms with E-state index in [0.717, 1.165) is 38.9 Å². The average molecular weight is 214 g/mol. The van der Waals surface area contributed by atoms with Crippen LogP contribution in [0.4, 0.5) is 0 Å². The predicted octanol–water partition coefficient (Wildman–Crippen LogP) is 1.34. The first kappa shape index (κ1) is 12.9. The lowest BCUT2D eigenvalue weighted by atomic mass is 10.2. The molecule has 0 spiro atoms. The van der Waals surface area contributed by atoms with Crippen LogP contribution in [0.25, 0.3) is 0 Å². The zero-order valence-electron chi connectivity index (χ0n) is 10.5. The van der Waals surface area contributed by atoms with Crippen LogP contribution >= 0.6 is 0 Å². The van der Waals surface area contributed by atoms with Gasteiger partial charge in [0.1, 0.15) is 0 Å². The summed E-state index contributed by atoms with van der Waals surface area (Å²) in [4.78, 5) is 2.45. The van der Waals surface area contributed by atoms with Crippen LogP contribution in [0.2, 0.25) is 0 Å². The summed E-state index contributed by atoms with van der Waals surface area (Å²) in [5.74, 6) is 0.644. The minimum Gasteiger partial charge on any atom is -0.380 e. The highest BCUT2D eigenvalue weighted by atomic mass is 16.5. The summed E-state index contributed by atoms with van der Waals surface area (Å²) >= 11 is 0. The SMILES string of the molecule is CC(C)COCCNCCN(C)C1CC1. The third-order valence-electron chi connectivity index (χ3n) is 2.69. The fraction of sp³-hybridized carbons (Fsp3) is 1.00. The maximum absolute atomic E-state index is 5.49. The van der Waals surface area contributed by atoms with Crippen molar-refractivity contribution < 1.29 is 4.74 Å². The number of ether oxygens (including phenoxy) is 1. The Bertz CT molecular complexity index is 158. The Morgan fingerprint density at radius 3 is 2.67 bits per heavy atom. The standard InChI is InChI=1S/C12H26N2O/c1-11(2)10-15-9-7-13-6-8-14(3)12-4-5-12/h11-13H,4-10H2,1-3H3. The Balaban J connectivity index is 1.76. The smallest absolute Gasteiger partial charge is 0.0591 e. The lowest BCUT2D eigenvalue weighted by Crippen LogP contribution is -2.32. The van der Waals surface area contributed by atoms with Crippen molar-refractivity contribution in [2.75, 3.05) is 39.9 Å². The molecule has 0 radical (unpaired) electrons. The van der Waals surface area contributed by atoms with Gasteiger partial charge in [-0.2, -0.15) is 0 Å². The average Bonchev–Trinajstić information content (AvgIpc) is 2.98. The highest BCUT2D eigenvalue weighted by molar-refractivity contribution is 4.82. The molecule has 1 fully saturated rings. The van der Waals surface area contributed by atoms with Gasteiger partial charge in [0.2, 0.25) is 0 Å². The van der Waals surface area contributed by atoms with Gasteiger partial charge in [-0.15, -0.1) is 0 Å². The van der Waals surface area contributed by atoms with Crippen LogP contribution < -0.4 is 5.32 Å². The van der Waals surface area contributed by atoms with Gasteiger partial charge in [0.15, 0.2) is 0 Å². The minimum atomic E-state index is 0.644. The van der Waals surface area contributed by atoms with Crippen molar-refractivity contribution in [2.24, 2.45) is 5.92 Å². The van der Waals surface area contributed by atoms with Crippen molar-refractivity contribution in [3.63, 3.8) is 0 Å². The molecule has 0 atom stereocenters. The van der Waals surface area contributed by atoms with Crippen LogP contribution in [-0.2, 0) is 4.74 Å². The molecule has 0 amide bonds. The third-order valence-corrected chi connectivity index (χ3v) is 2.69. The topological polar surface area (TPSA) is 24.5 Å². The van der Waals surface area contributed by atoms with E-state index < -0.39 is 0 Å². The molecule has 0 aromatic heterocycles. The molecular weight excluding hydrogens is 188 g/mol. The van der Waals surface area contributed by atoms with Crippen LogP contribution in [-0.4, -0.2) is 50.8 Å². The normalized spacial score (nSPS) is 16.6. The van der Waals surface area contributed by atoms with Gasteiger partial charge in [0, 0.05) is 32.3 Å². The van der Waals surface area contributed by atoms with E-state index in [-0.39, 0.29) is 0 Å². The van der Waals surface area contributed by atoms with E-state index in [0.29, 0.717) is 5.92 Å². The molecule has 90 valence electrons. The van der Waals surface area contributed by atoms with Gasteiger partial charge in [-0.3, -0.25) is 0 Å². The second kappa shape index (κ2) is 7.20.